The first kappa shape index (κ1) is 16.0. The molecule has 0 saturated heterocycles. The van der Waals surface area contributed by atoms with E-state index in [0.717, 1.165) is 35.1 Å². The smallest absolute Gasteiger partial charge is 0.327 e. The van der Waals surface area contributed by atoms with E-state index in [-0.39, 0.29) is 0 Å². The summed E-state index contributed by atoms with van der Waals surface area (Å²) >= 11 is 0. The van der Waals surface area contributed by atoms with Crippen LogP contribution in [-0.2, 0) is 10.9 Å². The molecule has 1 heterocycles. The van der Waals surface area contributed by atoms with Gasteiger partial charge >= 0.3 is 8.60 Å². The normalized spacial score (nSPS) is 11.3. The van der Waals surface area contributed by atoms with Crippen LogP contribution in [0.5, 0.6) is 11.6 Å². The average molecular weight is 331 g/mol. The molecule has 0 unspecified atom stereocenters. The molecule has 0 saturated carbocycles. The van der Waals surface area contributed by atoms with E-state index in [2.05, 4.69) is 4.98 Å². The van der Waals surface area contributed by atoms with Gasteiger partial charge in [-0.25, -0.2) is 0 Å². The quantitative estimate of drug-likeness (QED) is 0.450. The van der Waals surface area contributed by atoms with Crippen molar-refractivity contribution in [3.63, 3.8) is 0 Å². The second-order valence-corrected chi connectivity index (χ2v) is 5.92. The van der Waals surface area contributed by atoms with Crippen LogP contribution in [0, 0.1) is 0 Å². The van der Waals surface area contributed by atoms with Crippen LogP contribution in [-0.4, -0.2) is 21.4 Å². The van der Waals surface area contributed by atoms with Crippen molar-refractivity contribution in [2.24, 2.45) is 0 Å². The average Bonchev–Trinajstić information content (AvgIpc) is 2.95. The van der Waals surface area contributed by atoms with Gasteiger partial charge < -0.3 is 24.0 Å². The van der Waals surface area contributed by atoms with E-state index in [9.17, 15) is 0 Å². The number of rotatable bonds is 7. The molecule has 0 radical (unpaired) electrons. The summed E-state index contributed by atoms with van der Waals surface area (Å²) in [4.78, 5) is 20.5. The number of ether oxygens (including phenoxy) is 1. The molecule has 23 heavy (non-hydrogen) atoms. The minimum Gasteiger partial charge on any atom is -0.441 e. The molecule has 0 amide bonds. The zero-order valence-electron chi connectivity index (χ0n) is 12.5. The molecule has 0 atom stereocenters. The van der Waals surface area contributed by atoms with Crippen molar-refractivity contribution < 1.29 is 19.0 Å². The lowest BCUT2D eigenvalue weighted by Gasteiger charge is -2.06. The van der Waals surface area contributed by atoms with E-state index in [1.165, 1.54) is 0 Å². The largest absolute Gasteiger partial charge is 0.441 e. The lowest BCUT2D eigenvalue weighted by atomic mass is 10.1. The predicted molar refractivity (Wildman–Crippen MR) is 90.4 cm³/mol. The monoisotopic (exact) mass is 331 g/mol. The standard InChI is InChI=1S/C17H18NO4P/c19-23(20)21-11-3-4-13-7-9-15(10-8-13)22-17-12-14-5-1-2-6-16(14)18-17/h1-2,5-10,12,18-20H,3-4,11H2. The molecule has 120 valence electrons. The summed E-state index contributed by atoms with van der Waals surface area (Å²) in [7, 11) is -2.25. The summed E-state index contributed by atoms with van der Waals surface area (Å²) in [5.74, 6) is 1.48. The first-order chi connectivity index (χ1) is 11.2. The van der Waals surface area contributed by atoms with Crippen molar-refractivity contribution in [1.29, 1.82) is 0 Å². The van der Waals surface area contributed by atoms with Crippen molar-refractivity contribution in [1.82, 2.24) is 4.98 Å². The number of H-pyrrole nitrogens is 1. The van der Waals surface area contributed by atoms with Crippen LogP contribution >= 0.6 is 8.60 Å². The summed E-state index contributed by atoms with van der Waals surface area (Å²) in [6, 6.07) is 17.8. The van der Waals surface area contributed by atoms with Crippen LogP contribution < -0.4 is 4.74 Å². The summed E-state index contributed by atoms with van der Waals surface area (Å²) in [6.07, 6.45) is 1.55. The maximum Gasteiger partial charge on any atom is 0.327 e. The summed E-state index contributed by atoms with van der Waals surface area (Å²) < 4.78 is 10.6. The number of benzene rings is 2. The zero-order chi connectivity index (χ0) is 16.1. The SMILES string of the molecule is OP(O)OCCCc1ccc(Oc2cc3ccccc3[nH]2)cc1. The Morgan fingerprint density at radius 1 is 1.00 bits per heavy atom. The fourth-order valence-corrected chi connectivity index (χ4v) is 2.67. The van der Waals surface area contributed by atoms with Crippen molar-refractivity contribution >= 4 is 19.5 Å². The molecule has 3 rings (SSSR count). The Kier molecular flexibility index (Phi) is 5.26. The number of aryl methyl sites for hydroxylation is 1. The Labute approximate surface area is 135 Å². The number of fused-ring (bicyclic) bond motifs is 1. The number of aromatic amines is 1. The van der Waals surface area contributed by atoms with Crippen molar-refractivity contribution in [2.75, 3.05) is 6.61 Å². The molecule has 2 aromatic carbocycles. The molecule has 0 spiro atoms. The molecule has 6 heteroatoms. The van der Waals surface area contributed by atoms with Gasteiger partial charge in [-0.1, -0.05) is 30.3 Å². The van der Waals surface area contributed by atoms with E-state index in [1.54, 1.807) is 0 Å². The number of para-hydroxylation sites is 1. The van der Waals surface area contributed by atoms with Gasteiger partial charge in [0.2, 0.25) is 0 Å². The van der Waals surface area contributed by atoms with Gasteiger partial charge in [-0.2, -0.15) is 0 Å². The molecule has 0 aliphatic heterocycles. The third-order valence-electron chi connectivity index (χ3n) is 3.47. The van der Waals surface area contributed by atoms with Gasteiger partial charge in [0.15, 0.2) is 5.88 Å². The number of aromatic nitrogens is 1. The van der Waals surface area contributed by atoms with Crippen LogP contribution in [0.3, 0.4) is 0 Å². The van der Waals surface area contributed by atoms with Gasteiger partial charge in [0, 0.05) is 17.0 Å². The first-order valence-corrected chi connectivity index (χ1v) is 8.52. The Bertz CT molecular complexity index is 722. The maximum absolute atomic E-state index is 8.66. The number of hydrogen-bond donors (Lipinski definition) is 3. The minimum absolute atomic E-state index is 0.339. The van der Waals surface area contributed by atoms with Crippen LogP contribution in [0.1, 0.15) is 12.0 Å². The van der Waals surface area contributed by atoms with Gasteiger partial charge in [-0.3, -0.25) is 0 Å². The van der Waals surface area contributed by atoms with Crippen molar-refractivity contribution in [3.8, 4) is 11.6 Å². The van der Waals surface area contributed by atoms with Gasteiger partial charge in [-0.15, -0.1) is 0 Å². The predicted octanol–water partition coefficient (Wildman–Crippen LogP) is 4.12. The van der Waals surface area contributed by atoms with Gasteiger partial charge in [0.1, 0.15) is 5.75 Å². The number of hydrogen-bond acceptors (Lipinski definition) is 4. The number of nitrogens with one attached hydrogen (secondary N) is 1. The Hall–Kier alpha value is -1.91. The van der Waals surface area contributed by atoms with Crippen molar-refractivity contribution in [2.45, 2.75) is 12.8 Å². The fraction of sp³-hybridized carbons (Fsp3) is 0.176. The van der Waals surface area contributed by atoms with E-state index in [1.807, 2.05) is 54.6 Å². The fourth-order valence-electron chi connectivity index (χ4n) is 2.38. The summed E-state index contributed by atoms with van der Waals surface area (Å²) in [5.41, 5.74) is 2.20. The van der Waals surface area contributed by atoms with E-state index < -0.39 is 8.60 Å². The molecule has 0 aliphatic carbocycles. The van der Waals surface area contributed by atoms with Crippen LogP contribution in [0.25, 0.3) is 10.9 Å². The Balaban J connectivity index is 1.56. The van der Waals surface area contributed by atoms with E-state index >= 15 is 0 Å². The Morgan fingerprint density at radius 3 is 2.52 bits per heavy atom. The molecule has 5 nitrogen and oxygen atoms in total. The third-order valence-corrected chi connectivity index (χ3v) is 3.89. The van der Waals surface area contributed by atoms with E-state index in [4.69, 9.17) is 19.0 Å². The van der Waals surface area contributed by atoms with Gasteiger partial charge in [0.25, 0.3) is 0 Å². The second kappa shape index (κ2) is 7.57. The van der Waals surface area contributed by atoms with Crippen LogP contribution in [0.4, 0.5) is 0 Å². The van der Waals surface area contributed by atoms with Gasteiger partial charge in [-0.05, 0) is 36.6 Å². The minimum atomic E-state index is -2.25. The second-order valence-electron chi connectivity index (χ2n) is 5.16. The molecular weight excluding hydrogens is 313 g/mol. The summed E-state index contributed by atoms with van der Waals surface area (Å²) in [6.45, 7) is 0.339. The molecule has 3 N–H and O–H groups in total. The molecule has 0 aliphatic rings. The molecule has 3 aromatic rings. The Morgan fingerprint density at radius 2 is 1.78 bits per heavy atom. The van der Waals surface area contributed by atoms with Crippen LogP contribution in [0.2, 0.25) is 0 Å². The van der Waals surface area contributed by atoms with E-state index in [0.29, 0.717) is 12.5 Å². The van der Waals surface area contributed by atoms with Gasteiger partial charge in [0.05, 0.1) is 6.61 Å². The van der Waals surface area contributed by atoms with Crippen LogP contribution in [0.15, 0.2) is 54.6 Å². The third kappa shape index (κ3) is 4.53. The maximum atomic E-state index is 8.66. The lowest BCUT2D eigenvalue weighted by Crippen LogP contribution is -1.93. The highest BCUT2D eigenvalue weighted by Crippen LogP contribution is 2.26. The molecule has 1 aromatic heterocycles. The first-order valence-electron chi connectivity index (χ1n) is 7.36. The summed E-state index contributed by atoms with van der Waals surface area (Å²) in [5, 5.41) is 1.12. The highest BCUT2D eigenvalue weighted by molar-refractivity contribution is 7.39. The zero-order valence-corrected chi connectivity index (χ0v) is 13.4. The van der Waals surface area contributed by atoms with Crippen molar-refractivity contribution in [3.05, 3.63) is 60.2 Å². The molecule has 0 bridgehead atoms. The highest BCUT2D eigenvalue weighted by Gasteiger charge is 2.03. The lowest BCUT2D eigenvalue weighted by molar-refractivity contribution is 0.252. The molecular formula is C17H18NO4P. The topological polar surface area (TPSA) is 74.7 Å². The highest BCUT2D eigenvalue weighted by atomic mass is 31.2. The molecule has 0 fully saturated rings.